The molecule has 0 aliphatic heterocycles. The molecule has 0 heterocycles. The predicted molar refractivity (Wildman–Crippen MR) is 49.4 cm³/mol. The van der Waals surface area contributed by atoms with Crippen LogP contribution in [0.5, 0.6) is 0 Å². The summed E-state index contributed by atoms with van der Waals surface area (Å²) in [7, 11) is 1.10. The number of carbonyl (C=O) groups is 1. The number of Topliss-reactive ketones (excluding diaryl/α,β-unsaturated/α-hetero) is 1. The number of hydrogen-bond donors (Lipinski definition) is 0. The van der Waals surface area contributed by atoms with Gasteiger partial charge in [0.25, 0.3) is 9.05 Å². The Balaban J connectivity index is 3.42. The Morgan fingerprint density at radius 1 is 1.43 bits per heavy atom. The molecule has 0 fully saturated rings. The molecule has 14 heavy (non-hydrogen) atoms. The van der Waals surface area contributed by atoms with Crippen molar-refractivity contribution in [1.29, 1.82) is 0 Å². The molecule has 0 amide bonds. The van der Waals surface area contributed by atoms with Crippen LogP contribution in [-0.4, -0.2) is 14.2 Å². The van der Waals surface area contributed by atoms with Gasteiger partial charge in [0.05, 0.1) is 10.5 Å². The highest BCUT2D eigenvalue weighted by molar-refractivity contribution is 8.13. The third-order valence-electron chi connectivity index (χ3n) is 1.60. The standard InChI is InChI=1S/C8H6ClFO3S/c1-5(11)7-4-6(14(9,12)13)2-3-8(7)10/h2-4H,1H3. The molecule has 1 rings (SSSR count). The quantitative estimate of drug-likeness (QED) is 0.583. The third-order valence-corrected chi connectivity index (χ3v) is 2.95. The first-order chi connectivity index (χ1) is 6.32. The van der Waals surface area contributed by atoms with Crippen LogP contribution < -0.4 is 0 Å². The van der Waals surface area contributed by atoms with Gasteiger partial charge in [-0.3, -0.25) is 4.79 Å². The fourth-order valence-corrected chi connectivity index (χ4v) is 1.70. The van der Waals surface area contributed by atoms with E-state index >= 15 is 0 Å². The summed E-state index contributed by atoms with van der Waals surface area (Å²) in [6.07, 6.45) is 0. The normalized spacial score (nSPS) is 11.4. The van der Waals surface area contributed by atoms with E-state index in [1.54, 1.807) is 0 Å². The molecule has 3 nitrogen and oxygen atoms in total. The topological polar surface area (TPSA) is 51.2 Å². The Hall–Kier alpha value is -0.940. The molecule has 0 atom stereocenters. The summed E-state index contributed by atoms with van der Waals surface area (Å²) < 4.78 is 34.7. The summed E-state index contributed by atoms with van der Waals surface area (Å²) >= 11 is 0. The van der Waals surface area contributed by atoms with E-state index in [2.05, 4.69) is 0 Å². The van der Waals surface area contributed by atoms with E-state index in [1.165, 1.54) is 0 Å². The van der Waals surface area contributed by atoms with Crippen molar-refractivity contribution in [2.75, 3.05) is 0 Å². The van der Waals surface area contributed by atoms with Crippen LogP contribution >= 0.6 is 10.7 Å². The summed E-state index contributed by atoms with van der Waals surface area (Å²) in [4.78, 5) is 10.6. The summed E-state index contributed by atoms with van der Waals surface area (Å²) in [5.41, 5.74) is -0.285. The molecule has 1 aromatic carbocycles. The van der Waals surface area contributed by atoms with Crippen molar-refractivity contribution in [3.63, 3.8) is 0 Å². The maximum absolute atomic E-state index is 12.9. The lowest BCUT2D eigenvalue weighted by molar-refractivity contribution is 0.101. The number of carbonyl (C=O) groups excluding carboxylic acids is 1. The molecule has 0 radical (unpaired) electrons. The van der Waals surface area contributed by atoms with Gasteiger partial charge in [-0.25, -0.2) is 12.8 Å². The maximum atomic E-state index is 12.9. The Labute approximate surface area is 84.9 Å². The highest BCUT2D eigenvalue weighted by atomic mass is 35.7. The second-order valence-corrected chi connectivity index (χ2v) is 5.20. The summed E-state index contributed by atoms with van der Waals surface area (Å²) in [6, 6.07) is 2.82. The van der Waals surface area contributed by atoms with Crippen molar-refractivity contribution >= 4 is 25.5 Å². The van der Waals surface area contributed by atoms with Crippen LogP contribution in [0.2, 0.25) is 0 Å². The molecule has 0 aromatic heterocycles. The van der Waals surface area contributed by atoms with Gasteiger partial charge in [-0.2, -0.15) is 0 Å². The number of rotatable bonds is 2. The van der Waals surface area contributed by atoms with Gasteiger partial charge in [-0.15, -0.1) is 0 Å². The Morgan fingerprint density at radius 3 is 2.43 bits per heavy atom. The minimum absolute atomic E-state index is 0.285. The molecule has 0 unspecified atom stereocenters. The van der Waals surface area contributed by atoms with E-state index in [0.717, 1.165) is 25.1 Å². The van der Waals surface area contributed by atoms with Crippen molar-refractivity contribution < 1.29 is 17.6 Å². The van der Waals surface area contributed by atoms with Crippen molar-refractivity contribution in [3.8, 4) is 0 Å². The van der Waals surface area contributed by atoms with Crippen molar-refractivity contribution in [1.82, 2.24) is 0 Å². The molecular weight excluding hydrogens is 231 g/mol. The van der Waals surface area contributed by atoms with Gasteiger partial charge in [0, 0.05) is 10.7 Å². The smallest absolute Gasteiger partial charge is 0.261 e. The van der Waals surface area contributed by atoms with Crippen LogP contribution in [0.3, 0.4) is 0 Å². The highest BCUT2D eigenvalue weighted by Gasteiger charge is 2.14. The molecule has 0 aliphatic rings. The SMILES string of the molecule is CC(=O)c1cc(S(=O)(=O)Cl)ccc1F. The largest absolute Gasteiger partial charge is 0.294 e. The van der Waals surface area contributed by atoms with Crippen LogP contribution in [0.1, 0.15) is 17.3 Å². The van der Waals surface area contributed by atoms with Gasteiger partial charge in [0.2, 0.25) is 0 Å². The van der Waals surface area contributed by atoms with Crippen LogP contribution in [0.4, 0.5) is 4.39 Å². The zero-order valence-electron chi connectivity index (χ0n) is 7.12. The summed E-state index contributed by atoms with van der Waals surface area (Å²) in [5, 5.41) is 0. The second-order valence-electron chi connectivity index (χ2n) is 2.64. The van der Waals surface area contributed by atoms with E-state index in [4.69, 9.17) is 10.7 Å². The third kappa shape index (κ3) is 2.30. The molecule has 0 N–H and O–H groups in total. The first-order valence-corrected chi connectivity index (χ1v) is 5.88. The summed E-state index contributed by atoms with van der Waals surface area (Å²) in [5.74, 6) is -1.31. The maximum Gasteiger partial charge on any atom is 0.261 e. The predicted octanol–water partition coefficient (Wildman–Crippen LogP) is 1.96. The molecule has 0 bridgehead atoms. The minimum Gasteiger partial charge on any atom is -0.294 e. The molecular formula is C8H6ClFO3S. The molecule has 0 aliphatic carbocycles. The average Bonchev–Trinajstić information content (AvgIpc) is 2.02. The highest BCUT2D eigenvalue weighted by Crippen LogP contribution is 2.18. The van der Waals surface area contributed by atoms with E-state index < -0.39 is 20.7 Å². The fraction of sp³-hybridized carbons (Fsp3) is 0.125. The van der Waals surface area contributed by atoms with E-state index in [-0.39, 0.29) is 10.5 Å². The molecule has 0 saturated carbocycles. The molecule has 1 aromatic rings. The zero-order valence-corrected chi connectivity index (χ0v) is 8.69. The van der Waals surface area contributed by atoms with Gasteiger partial charge in [0.15, 0.2) is 5.78 Å². The number of halogens is 2. The Bertz CT molecular complexity index is 481. The first kappa shape index (κ1) is 11.1. The Kier molecular flexibility index (Phi) is 2.92. The molecule has 0 saturated heterocycles. The van der Waals surface area contributed by atoms with Gasteiger partial charge < -0.3 is 0 Å². The number of ketones is 1. The first-order valence-electron chi connectivity index (χ1n) is 3.57. The van der Waals surface area contributed by atoms with Crippen molar-refractivity contribution in [3.05, 3.63) is 29.6 Å². The van der Waals surface area contributed by atoms with Crippen LogP contribution in [0, 0.1) is 5.82 Å². The van der Waals surface area contributed by atoms with E-state index in [0.29, 0.717) is 0 Å². The average molecular weight is 237 g/mol. The van der Waals surface area contributed by atoms with Gasteiger partial charge in [-0.1, -0.05) is 0 Å². The molecule has 6 heteroatoms. The second kappa shape index (κ2) is 3.67. The lowest BCUT2D eigenvalue weighted by Crippen LogP contribution is -2.00. The monoisotopic (exact) mass is 236 g/mol. The van der Waals surface area contributed by atoms with E-state index in [9.17, 15) is 17.6 Å². The molecule has 0 spiro atoms. The van der Waals surface area contributed by atoms with Crippen LogP contribution in [-0.2, 0) is 9.05 Å². The van der Waals surface area contributed by atoms with Gasteiger partial charge >= 0.3 is 0 Å². The van der Waals surface area contributed by atoms with Crippen molar-refractivity contribution in [2.24, 2.45) is 0 Å². The van der Waals surface area contributed by atoms with Crippen molar-refractivity contribution in [2.45, 2.75) is 11.8 Å². The number of benzene rings is 1. The minimum atomic E-state index is -3.92. The van der Waals surface area contributed by atoms with Gasteiger partial charge in [-0.05, 0) is 25.1 Å². The molecule has 76 valence electrons. The summed E-state index contributed by atoms with van der Waals surface area (Å²) in [6.45, 7) is 1.14. The van der Waals surface area contributed by atoms with Gasteiger partial charge in [0.1, 0.15) is 5.82 Å². The lowest BCUT2D eigenvalue weighted by atomic mass is 10.1. The Morgan fingerprint density at radius 2 is 2.00 bits per heavy atom. The van der Waals surface area contributed by atoms with E-state index in [1.807, 2.05) is 0 Å². The zero-order chi connectivity index (χ0) is 10.9. The van der Waals surface area contributed by atoms with Crippen LogP contribution in [0.15, 0.2) is 23.1 Å². The lowest BCUT2D eigenvalue weighted by Gasteiger charge is -2.00. The van der Waals surface area contributed by atoms with Crippen LogP contribution in [0.25, 0.3) is 0 Å². The number of hydrogen-bond acceptors (Lipinski definition) is 3. The fourth-order valence-electron chi connectivity index (χ4n) is 0.926.